The van der Waals surface area contributed by atoms with Crippen LogP contribution < -0.4 is 5.73 Å². The van der Waals surface area contributed by atoms with Crippen molar-refractivity contribution < 1.29 is 8.42 Å². The summed E-state index contributed by atoms with van der Waals surface area (Å²) >= 11 is 0. The Bertz CT molecular complexity index is 986. The van der Waals surface area contributed by atoms with Gasteiger partial charge in [0, 0.05) is 36.3 Å². The molecule has 6 heteroatoms. The van der Waals surface area contributed by atoms with Crippen LogP contribution >= 0.6 is 0 Å². The molecular weight excluding hydrogens is 370 g/mol. The summed E-state index contributed by atoms with van der Waals surface area (Å²) in [5.41, 5.74) is 6.83. The summed E-state index contributed by atoms with van der Waals surface area (Å²) < 4.78 is 28.5. The van der Waals surface area contributed by atoms with E-state index in [2.05, 4.69) is 17.1 Å². The van der Waals surface area contributed by atoms with Crippen LogP contribution in [0.5, 0.6) is 0 Å². The van der Waals surface area contributed by atoms with Crippen molar-refractivity contribution in [1.29, 1.82) is 0 Å². The van der Waals surface area contributed by atoms with Gasteiger partial charge in [-0.2, -0.15) is 4.31 Å². The smallest absolute Gasteiger partial charge is 0.243 e. The second kappa shape index (κ2) is 9.78. The predicted octanol–water partition coefficient (Wildman–Crippen LogP) is 3.60. The van der Waals surface area contributed by atoms with E-state index in [1.54, 1.807) is 34.9 Å². The standard InChI is InChI=1S/C22H27N3O2S/c23-14-4-5-16-25(17-7-10-19-8-2-1-3-9-19)28(26,27)22-12-6-11-20-18-24-15-13-21(20)22/h1-3,6,8-9,11-13,15,18H,4-5,7,10,14,16-17,23H2. The fourth-order valence-electron chi connectivity index (χ4n) is 3.35. The van der Waals surface area contributed by atoms with Crippen LogP contribution in [-0.4, -0.2) is 37.3 Å². The molecule has 0 spiro atoms. The number of unbranched alkanes of at least 4 members (excludes halogenated alkanes) is 1. The van der Waals surface area contributed by atoms with Gasteiger partial charge in [-0.15, -0.1) is 0 Å². The zero-order valence-electron chi connectivity index (χ0n) is 16.0. The molecule has 148 valence electrons. The van der Waals surface area contributed by atoms with Gasteiger partial charge in [0.25, 0.3) is 0 Å². The molecule has 28 heavy (non-hydrogen) atoms. The van der Waals surface area contributed by atoms with Crippen LogP contribution in [0, 0.1) is 0 Å². The van der Waals surface area contributed by atoms with Crippen molar-refractivity contribution in [3.05, 3.63) is 72.6 Å². The van der Waals surface area contributed by atoms with E-state index in [1.807, 2.05) is 24.3 Å². The molecule has 0 fully saturated rings. The van der Waals surface area contributed by atoms with Gasteiger partial charge in [0.1, 0.15) is 0 Å². The summed E-state index contributed by atoms with van der Waals surface area (Å²) in [6.45, 7) is 1.54. The molecule has 0 radical (unpaired) electrons. The Hall–Kier alpha value is -2.28. The van der Waals surface area contributed by atoms with E-state index in [-0.39, 0.29) is 0 Å². The SMILES string of the molecule is NCCCCN(CCCc1ccccc1)S(=O)(=O)c1cccc2cnccc12. The van der Waals surface area contributed by atoms with Crippen LogP contribution in [-0.2, 0) is 16.4 Å². The fraction of sp³-hybridized carbons (Fsp3) is 0.318. The predicted molar refractivity (Wildman–Crippen MR) is 114 cm³/mol. The van der Waals surface area contributed by atoms with Crippen molar-refractivity contribution in [3.8, 4) is 0 Å². The van der Waals surface area contributed by atoms with E-state index in [4.69, 9.17) is 5.73 Å². The van der Waals surface area contributed by atoms with Crippen LogP contribution in [0.3, 0.4) is 0 Å². The van der Waals surface area contributed by atoms with Gasteiger partial charge in [0.05, 0.1) is 4.90 Å². The average Bonchev–Trinajstić information content (AvgIpc) is 2.73. The number of aryl methyl sites for hydroxylation is 1. The third-order valence-electron chi connectivity index (χ3n) is 4.84. The zero-order chi connectivity index (χ0) is 19.8. The van der Waals surface area contributed by atoms with Crippen LogP contribution in [0.4, 0.5) is 0 Å². The maximum atomic E-state index is 13.5. The lowest BCUT2D eigenvalue weighted by molar-refractivity contribution is 0.395. The Kier molecular flexibility index (Phi) is 7.14. The maximum Gasteiger partial charge on any atom is 0.243 e. The summed E-state index contributed by atoms with van der Waals surface area (Å²) in [5.74, 6) is 0. The number of aromatic nitrogens is 1. The molecule has 0 saturated carbocycles. The minimum absolute atomic E-state index is 0.347. The maximum absolute atomic E-state index is 13.5. The average molecular weight is 398 g/mol. The lowest BCUT2D eigenvalue weighted by atomic mass is 10.1. The van der Waals surface area contributed by atoms with Gasteiger partial charge in [0.15, 0.2) is 0 Å². The number of pyridine rings is 1. The summed E-state index contributed by atoms with van der Waals surface area (Å²) in [6.07, 6.45) is 6.52. The van der Waals surface area contributed by atoms with Crippen molar-refractivity contribution in [2.75, 3.05) is 19.6 Å². The highest BCUT2D eigenvalue weighted by Gasteiger charge is 2.25. The Balaban J connectivity index is 1.82. The molecule has 5 nitrogen and oxygen atoms in total. The summed E-state index contributed by atoms with van der Waals surface area (Å²) in [7, 11) is -3.60. The van der Waals surface area contributed by atoms with Crippen LogP contribution in [0.1, 0.15) is 24.8 Å². The summed E-state index contributed by atoms with van der Waals surface area (Å²) in [6, 6.07) is 17.3. The molecule has 1 heterocycles. The molecule has 0 saturated heterocycles. The Morgan fingerprint density at radius 1 is 0.893 bits per heavy atom. The van der Waals surface area contributed by atoms with Gasteiger partial charge in [-0.1, -0.05) is 42.5 Å². The second-order valence-corrected chi connectivity index (χ2v) is 8.75. The molecular formula is C22H27N3O2S. The van der Waals surface area contributed by atoms with E-state index in [0.29, 0.717) is 29.9 Å². The first-order valence-corrected chi connectivity index (χ1v) is 11.1. The number of hydrogen-bond donors (Lipinski definition) is 1. The monoisotopic (exact) mass is 397 g/mol. The van der Waals surface area contributed by atoms with Gasteiger partial charge in [-0.3, -0.25) is 4.98 Å². The topological polar surface area (TPSA) is 76.3 Å². The Morgan fingerprint density at radius 2 is 1.68 bits per heavy atom. The molecule has 2 aromatic carbocycles. The summed E-state index contributed by atoms with van der Waals surface area (Å²) in [4.78, 5) is 4.45. The highest BCUT2D eigenvalue weighted by Crippen LogP contribution is 2.25. The minimum Gasteiger partial charge on any atom is -0.330 e. The fourth-order valence-corrected chi connectivity index (χ4v) is 5.08. The third kappa shape index (κ3) is 4.95. The van der Waals surface area contributed by atoms with Crippen molar-refractivity contribution in [1.82, 2.24) is 9.29 Å². The molecule has 2 N–H and O–H groups in total. The number of benzene rings is 2. The number of nitrogens with two attached hydrogens (primary N) is 1. The Labute approximate surface area is 167 Å². The van der Waals surface area contributed by atoms with Crippen molar-refractivity contribution >= 4 is 20.8 Å². The molecule has 0 atom stereocenters. The molecule has 0 bridgehead atoms. The lowest BCUT2D eigenvalue weighted by Crippen LogP contribution is -2.33. The van der Waals surface area contributed by atoms with Crippen molar-refractivity contribution in [2.45, 2.75) is 30.6 Å². The molecule has 3 aromatic rings. The van der Waals surface area contributed by atoms with E-state index < -0.39 is 10.0 Å². The molecule has 0 aliphatic heterocycles. The normalized spacial score (nSPS) is 11.9. The van der Waals surface area contributed by atoms with Gasteiger partial charge in [0.2, 0.25) is 10.0 Å². The van der Waals surface area contributed by atoms with Gasteiger partial charge < -0.3 is 5.73 Å². The highest BCUT2D eigenvalue weighted by atomic mass is 32.2. The first-order chi connectivity index (χ1) is 13.6. The first kappa shape index (κ1) is 20.5. The minimum atomic E-state index is -3.60. The third-order valence-corrected chi connectivity index (χ3v) is 6.79. The van der Waals surface area contributed by atoms with Crippen molar-refractivity contribution in [2.24, 2.45) is 5.73 Å². The molecule has 0 aliphatic rings. The van der Waals surface area contributed by atoms with Crippen molar-refractivity contribution in [3.63, 3.8) is 0 Å². The number of nitrogens with zero attached hydrogens (tertiary/aromatic N) is 2. The summed E-state index contributed by atoms with van der Waals surface area (Å²) in [5, 5.41) is 1.54. The molecule has 0 unspecified atom stereocenters. The van der Waals surface area contributed by atoms with Gasteiger partial charge in [-0.05, 0) is 49.9 Å². The van der Waals surface area contributed by atoms with E-state index in [9.17, 15) is 8.42 Å². The van der Waals surface area contributed by atoms with Crippen LogP contribution in [0.2, 0.25) is 0 Å². The molecule has 3 rings (SSSR count). The van der Waals surface area contributed by atoms with Gasteiger partial charge >= 0.3 is 0 Å². The number of rotatable bonds is 10. The molecule has 0 aliphatic carbocycles. The zero-order valence-corrected chi connectivity index (χ0v) is 16.8. The van der Waals surface area contributed by atoms with E-state index in [0.717, 1.165) is 31.1 Å². The van der Waals surface area contributed by atoms with Crippen LogP contribution in [0.15, 0.2) is 71.9 Å². The largest absolute Gasteiger partial charge is 0.330 e. The number of fused-ring (bicyclic) bond motifs is 1. The lowest BCUT2D eigenvalue weighted by Gasteiger charge is -2.23. The second-order valence-electron chi connectivity index (χ2n) is 6.84. The molecule has 1 aromatic heterocycles. The van der Waals surface area contributed by atoms with E-state index in [1.165, 1.54) is 5.56 Å². The highest BCUT2D eigenvalue weighted by molar-refractivity contribution is 7.89. The quantitative estimate of drug-likeness (QED) is 0.530. The Morgan fingerprint density at radius 3 is 2.46 bits per heavy atom. The van der Waals surface area contributed by atoms with Crippen LogP contribution in [0.25, 0.3) is 10.8 Å². The molecule has 0 amide bonds. The number of hydrogen-bond acceptors (Lipinski definition) is 4. The number of sulfonamides is 1. The van der Waals surface area contributed by atoms with Gasteiger partial charge in [-0.25, -0.2) is 8.42 Å². The first-order valence-electron chi connectivity index (χ1n) is 9.70. The van der Waals surface area contributed by atoms with E-state index >= 15 is 0 Å².